The first-order chi connectivity index (χ1) is 14.3. The molecule has 7 heteroatoms. The van der Waals surface area contributed by atoms with E-state index in [0.29, 0.717) is 17.9 Å². The van der Waals surface area contributed by atoms with Crippen molar-refractivity contribution in [2.45, 2.75) is 33.2 Å². The number of nitrogens with zero attached hydrogens (tertiary/aromatic N) is 2. The number of carbonyl (C=O) groups is 1. The quantitative estimate of drug-likeness (QED) is 0.726. The van der Waals surface area contributed by atoms with Gasteiger partial charge in [0.1, 0.15) is 5.84 Å². The Morgan fingerprint density at radius 3 is 2.16 bits per heavy atom. The molecular formula is C24H28ClN3O3. The highest BCUT2D eigenvalue weighted by Crippen LogP contribution is 2.43. The number of halogens is 1. The molecule has 1 unspecified atom stereocenters. The van der Waals surface area contributed by atoms with E-state index in [9.17, 15) is 4.79 Å². The van der Waals surface area contributed by atoms with Crippen LogP contribution in [0.4, 0.5) is 4.79 Å². The zero-order valence-corrected chi connectivity index (χ0v) is 19.5. The Labute approximate surface area is 189 Å². The summed E-state index contributed by atoms with van der Waals surface area (Å²) in [6, 6.07) is 7.70. The molecule has 2 aliphatic heterocycles. The maximum Gasteiger partial charge on any atom is 0.330 e. The number of benzene rings is 2. The van der Waals surface area contributed by atoms with E-state index in [1.54, 1.807) is 26.2 Å². The number of ether oxygens (including phenoxy) is 2. The topological polar surface area (TPSA) is 65.9 Å². The van der Waals surface area contributed by atoms with Gasteiger partial charge < -0.3 is 14.4 Å². The summed E-state index contributed by atoms with van der Waals surface area (Å²) in [5.74, 6) is 1.49. The first kappa shape index (κ1) is 22.7. The molecule has 2 amide bonds. The molecule has 164 valence electrons. The minimum Gasteiger partial charge on any atom is -0.493 e. The SMILES string of the molecule is COc1cc2c(cc1OC)C1=CC(c3c(C)cc(C)cc3C)N(C)C(=O)N1C(=N)C2.Cl. The third kappa shape index (κ3) is 3.55. The molecule has 0 aliphatic carbocycles. The van der Waals surface area contributed by atoms with Gasteiger partial charge in [-0.2, -0.15) is 0 Å². The number of fused-ring (bicyclic) bond motifs is 3. The maximum atomic E-state index is 13.3. The van der Waals surface area contributed by atoms with E-state index in [1.807, 2.05) is 12.1 Å². The van der Waals surface area contributed by atoms with Gasteiger partial charge in [0.05, 0.1) is 26.0 Å². The molecule has 2 heterocycles. The van der Waals surface area contributed by atoms with Crippen molar-refractivity contribution in [2.24, 2.45) is 0 Å². The largest absolute Gasteiger partial charge is 0.493 e. The molecule has 1 N–H and O–H groups in total. The Morgan fingerprint density at radius 2 is 1.58 bits per heavy atom. The first-order valence-corrected chi connectivity index (χ1v) is 9.96. The van der Waals surface area contributed by atoms with Crippen LogP contribution in [0, 0.1) is 26.2 Å². The fourth-order valence-corrected chi connectivity index (χ4v) is 4.69. The normalized spacial score (nSPS) is 17.5. The van der Waals surface area contributed by atoms with Gasteiger partial charge in [0.15, 0.2) is 11.5 Å². The number of hydrogen-bond donors (Lipinski definition) is 1. The second-order valence-corrected chi connectivity index (χ2v) is 8.03. The summed E-state index contributed by atoms with van der Waals surface area (Å²) in [5, 5.41) is 8.54. The highest BCUT2D eigenvalue weighted by molar-refractivity contribution is 6.09. The molecule has 0 radical (unpaired) electrons. The van der Waals surface area contributed by atoms with Crippen LogP contribution < -0.4 is 9.47 Å². The van der Waals surface area contributed by atoms with E-state index in [0.717, 1.165) is 33.5 Å². The lowest BCUT2D eigenvalue weighted by Crippen LogP contribution is -2.50. The third-order valence-corrected chi connectivity index (χ3v) is 6.01. The molecule has 0 saturated heterocycles. The lowest BCUT2D eigenvalue weighted by atomic mass is 9.88. The Morgan fingerprint density at radius 1 is 1.00 bits per heavy atom. The number of nitrogens with one attached hydrogen (secondary N) is 1. The van der Waals surface area contributed by atoms with Crippen LogP contribution in [-0.2, 0) is 6.42 Å². The summed E-state index contributed by atoms with van der Waals surface area (Å²) in [7, 11) is 5.00. The Kier molecular flexibility index (Phi) is 6.05. The van der Waals surface area contributed by atoms with Gasteiger partial charge in [-0.1, -0.05) is 17.7 Å². The van der Waals surface area contributed by atoms with Crippen LogP contribution >= 0.6 is 12.4 Å². The van der Waals surface area contributed by atoms with Gasteiger partial charge in [-0.25, -0.2) is 9.69 Å². The van der Waals surface area contributed by atoms with Gasteiger partial charge in [-0.15, -0.1) is 12.4 Å². The van der Waals surface area contributed by atoms with E-state index in [4.69, 9.17) is 14.9 Å². The van der Waals surface area contributed by atoms with Crippen molar-refractivity contribution in [2.75, 3.05) is 21.3 Å². The standard InChI is InChI=1S/C24H27N3O3.ClH/c1-13-7-14(2)23(15(3)8-13)19-12-18-17-11-21(30-6)20(29-5)9-16(17)10-22(25)27(18)24(28)26(19)4;/h7-9,11-12,19,25H,10H2,1-6H3;1H. The van der Waals surface area contributed by atoms with Crippen molar-refractivity contribution in [1.82, 2.24) is 9.80 Å². The van der Waals surface area contributed by atoms with Crippen LogP contribution in [0.1, 0.15) is 39.4 Å². The zero-order valence-electron chi connectivity index (χ0n) is 18.7. The molecule has 31 heavy (non-hydrogen) atoms. The summed E-state index contributed by atoms with van der Waals surface area (Å²) in [5.41, 5.74) is 7.22. The van der Waals surface area contributed by atoms with Crippen LogP contribution in [0.25, 0.3) is 5.70 Å². The minimum absolute atomic E-state index is 0. The van der Waals surface area contributed by atoms with Crippen LogP contribution in [0.5, 0.6) is 11.5 Å². The second kappa shape index (κ2) is 8.27. The smallest absolute Gasteiger partial charge is 0.330 e. The van der Waals surface area contributed by atoms with E-state index in [1.165, 1.54) is 10.5 Å². The average molecular weight is 442 g/mol. The number of amidine groups is 1. The number of carbonyl (C=O) groups excluding carboxylic acids is 1. The van der Waals surface area contributed by atoms with Gasteiger partial charge in [0.25, 0.3) is 0 Å². The van der Waals surface area contributed by atoms with E-state index in [2.05, 4.69) is 39.0 Å². The van der Waals surface area contributed by atoms with Gasteiger partial charge in [-0.05, 0) is 61.2 Å². The van der Waals surface area contributed by atoms with Crippen LogP contribution in [0.2, 0.25) is 0 Å². The Bertz CT molecular complexity index is 1090. The van der Waals surface area contributed by atoms with Crippen molar-refractivity contribution in [3.8, 4) is 11.5 Å². The molecule has 0 saturated carbocycles. The summed E-state index contributed by atoms with van der Waals surface area (Å²) in [6.07, 6.45) is 2.45. The number of aryl methyl sites for hydroxylation is 3. The minimum atomic E-state index is -0.212. The fraction of sp³-hybridized carbons (Fsp3) is 0.333. The fourth-order valence-electron chi connectivity index (χ4n) is 4.69. The van der Waals surface area contributed by atoms with Gasteiger partial charge in [0, 0.05) is 19.0 Å². The molecule has 0 bridgehead atoms. The first-order valence-electron chi connectivity index (χ1n) is 9.96. The average Bonchev–Trinajstić information content (AvgIpc) is 2.69. The number of amides is 2. The second-order valence-electron chi connectivity index (χ2n) is 8.03. The lowest BCUT2D eigenvalue weighted by molar-refractivity contribution is 0.182. The predicted octanol–water partition coefficient (Wildman–Crippen LogP) is 5.03. The van der Waals surface area contributed by atoms with Crippen molar-refractivity contribution < 1.29 is 14.3 Å². The number of methoxy groups -OCH3 is 2. The molecule has 6 nitrogen and oxygen atoms in total. The summed E-state index contributed by atoms with van der Waals surface area (Å²) in [6.45, 7) is 6.25. The molecule has 0 fully saturated rings. The monoisotopic (exact) mass is 441 g/mol. The molecular weight excluding hydrogens is 414 g/mol. The van der Waals surface area contributed by atoms with Crippen molar-refractivity contribution >= 4 is 30.0 Å². The van der Waals surface area contributed by atoms with Gasteiger partial charge in [-0.3, -0.25) is 5.41 Å². The van der Waals surface area contributed by atoms with Crippen molar-refractivity contribution in [1.29, 1.82) is 5.41 Å². The van der Waals surface area contributed by atoms with Crippen molar-refractivity contribution in [3.63, 3.8) is 0 Å². The molecule has 0 aromatic heterocycles. The lowest BCUT2D eigenvalue weighted by Gasteiger charge is -2.42. The number of urea groups is 1. The van der Waals surface area contributed by atoms with Crippen LogP contribution in [0.15, 0.2) is 30.3 Å². The van der Waals surface area contributed by atoms with Crippen LogP contribution in [0.3, 0.4) is 0 Å². The molecule has 0 spiro atoms. The Hall–Kier alpha value is -2.99. The van der Waals surface area contributed by atoms with E-state index in [-0.39, 0.29) is 30.3 Å². The summed E-state index contributed by atoms with van der Waals surface area (Å²) >= 11 is 0. The van der Waals surface area contributed by atoms with Gasteiger partial charge >= 0.3 is 6.03 Å². The highest BCUT2D eigenvalue weighted by Gasteiger charge is 2.40. The molecule has 2 aromatic rings. The third-order valence-electron chi connectivity index (χ3n) is 6.01. The number of hydrogen-bond acceptors (Lipinski definition) is 4. The molecule has 1 atom stereocenters. The van der Waals surface area contributed by atoms with Crippen molar-refractivity contribution in [3.05, 3.63) is 63.7 Å². The maximum absolute atomic E-state index is 13.3. The van der Waals surface area contributed by atoms with Crippen LogP contribution in [-0.4, -0.2) is 42.9 Å². The predicted molar refractivity (Wildman–Crippen MR) is 125 cm³/mol. The van der Waals surface area contributed by atoms with Gasteiger partial charge in [0.2, 0.25) is 0 Å². The molecule has 4 rings (SSSR count). The summed E-state index contributed by atoms with van der Waals surface area (Å²) in [4.78, 5) is 16.6. The van der Waals surface area contributed by atoms with E-state index >= 15 is 0 Å². The molecule has 2 aliphatic rings. The van der Waals surface area contributed by atoms with E-state index < -0.39 is 0 Å². The Balaban J connectivity index is 0.00000272. The summed E-state index contributed by atoms with van der Waals surface area (Å²) < 4.78 is 10.9. The zero-order chi connectivity index (χ0) is 21.7. The molecule has 2 aromatic carbocycles. The highest BCUT2D eigenvalue weighted by atomic mass is 35.5. The number of likely N-dealkylation sites (N-methyl/N-ethyl adjacent to an activating group) is 1. The number of rotatable bonds is 3.